The second-order valence-corrected chi connectivity index (χ2v) is 4.04. The third kappa shape index (κ3) is 2.56. The lowest BCUT2D eigenvalue weighted by Crippen LogP contribution is -2.28. The van der Waals surface area contributed by atoms with Gasteiger partial charge in [-0.1, -0.05) is 11.6 Å². The summed E-state index contributed by atoms with van der Waals surface area (Å²) in [4.78, 5) is 10.7. The van der Waals surface area contributed by atoms with E-state index in [-0.39, 0.29) is 0 Å². The van der Waals surface area contributed by atoms with Gasteiger partial charge in [0.05, 0.1) is 11.5 Å². The van der Waals surface area contributed by atoms with Crippen LogP contribution in [0, 0.1) is 5.92 Å². The molecule has 0 aromatic rings. The molecular formula is C10H16O3. The molecule has 0 amide bonds. The van der Waals surface area contributed by atoms with Gasteiger partial charge in [-0.05, 0) is 33.1 Å². The van der Waals surface area contributed by atoms with Gasteiger partial charge in [0, 0.05) is 0 Å². The van der Waals surface area contributed by atoms with Crippen molar-refractivity contribution in [3.63, 3.8) is 0 Å². The van der Waals surface area contributed by atoms with Crippen LogP contribution in [0.4, 0.5) is 0 Å². The first-order chi connectivity index (χ1) is 5.92. The van der Waals surface area contributed by atoms with E-state index in [4.69, 9.17) is 5.11 Å². The van der Waals surface area contributed by atoms with E-state index in [1.807, 2.05) is 6.08 Å². The summed E-state index contributed by atoms with van der Waals surface area (Å²) in [6, 6.07) is 0. The fourth-order valence-corrected chi connectivity index (χ4v) is 1.52. The van der Waals surface area contributed by atoms with E-state index in [1.54, 1.807) is 13.8 Å². The Morgan fingerprint density at radius 3 is 2.69 bits per heavy atom. The van der Waals surface area contributed by atoms with Crippen LogP contribution >= 0.6 is 0 Å². The van der Waals surface area contributed by atoms with Crippen LogP contribution in [0.2, 0.25) is 0 Å². The molecule has 0 bridgehead atoms. The van der Waals surface area contributed by atoms with Gasteiger partial charge < -0.3 is 10.2 Å². The molecule has 74 valence electrons. The van der Waals surface area contributed by atoms with Crippen molar-refractivity contribution in [2.24, 2.45) is 5.92 Å². The molecule has 0 heterocycles. The highest BCUT2D eigenvalue weighted by atomic mass is 16.4. The minimum Gasteiger partial charge on any atom is -0.481 e. The Morgan fingerprint density at radius 2 is 2.31 bits per heavy atom. The highest BCUT2D eigenvalue weighted by Gasteiger charge is 2.27. The maximum Gasteiger partial charge on any atom is 0.310 e. The van der Waals surface area contributed by atoms with Crippen molar-refractivity contribution in [3.05, 3.63) is 11.6 Å². The lowest BCUT2D eigenvalue weighted by atomic mass is 9.83. The molecule has 0 fully saturated rings. The minimum atomic E-state index is -0.784. The molecular weight excluding hydrogens is 168 g/mol. The predicted molar refractivity (Wildman–Crippen MR) is 49.4 cm³/mol. The Bertz CT molecular complexity index is 241. The van der Waals surface area contributed by atoms with Gasteiger partial charge in [0.2, 0.25) is 0 Å². The zero-order chi connectivity index (χ0) is 10.1. The molecule has 13 heavy (non-hydrogen) atoms. The van der Waals surface area contributed by atoms with Crippen molar-refractivity contribution in [3.8, 4) is 0 Å². The third-order valence-electron chi connectivity index (χ3n) is 2.68. The van der Waals surface area contributed by atoms with Crippen molar-refractivity contribution in [1.82, 2.24) is 0 Å². The van der Waals surface area contributed by atoms with Crippen LogP contribution in [0.15, 0.2) is 11.6 Å². The fourth-order valence-electron chi connectivity index (χ4n) is 1.52. The molecule has 1 aliphatic carbocycles. The molecule has 1 rings (SSSR count). The Labute approximate surface area is 78.1 Å². The maximum absolute atomic E-state index is 10.7. The second-order valence-electron chi connectivity index (χ2n) is 4.04. The molecule has 0 aromatic carbocycles. The summed E-state index contributed by atoms with van der Waals surface area (Å²) >= 11 is 0. The molecule has 0 saturated heterocycles. The number of hydrogen-bond donors (Lipinski definition) is 2. The monoisotopic (exact) mass is 184 g/mol. The summed E-state index contributed by atoms with van der Waals surface area (Å²) in [6.45, 7) is 3.47. The third-order valence-corrected chi connectivity index (χ3v) is 2.68. The molecule has 0 radical (unpaired) electrons. The predicted octanol–water partition coefficient (Wildman–Crippen LogP) is 1.57. The zero-order valence-corrected chi connectivity index (χ0v) is 8.08. The van der Waals surface area contributed by atoms with Crippen molar-refractivity contribution < 1.29 is 15.0 Å². The number of aliphatic hydroxyl groups is 1. The lowest BCUT2D eigenvalue weighted by Gasteiger charge is -2.28. The van der Waals surface area contributed by atoms with Gasteiger partial charge >= 0.3 is 5.97 Å². The summed E-state index contributed by atoms with van der Waals surface area (Å²) in [7, 11) is 0. The molecule has 1 aliphatic rings. The van der Waals surface area contributed by atoms with E-state index in [9.17, 15) is 9.90 Å². The lowest BCUT2D eigenvalue weighted by molar-refractivity contribution is -0.140. The van der Waals surface area contributed by atoms with Gasteiger partial charge in [0.25, 0.3) is 0 Å². The average Bonchev–Trinajstić information content (AvgIpc) is 2.03. The number of carbonyl (C=O) groups is 1. The van der Waals surface area contributed by atoms with Gasteiger partial charge in [-0.2, -0.15) is 0 Å². The Morgan fingerprint density at radius 1 is 1.69 bits per heavy atom. The number of carboxylic acids is 1. The maximum atomic E-state index is 10.7. The van der Waals surface area contributed by atoms with Crippen LogP contribution in [0.1, 0.15) is 33.1 Å². The first-order valence-corrected chi connectivity index (χ1v) is 4.56. The van der Waals surface area contributed by atoms with E-state index in [0.29, 0.717) is 19.3 Å². The van der Waals surface area contributed by atoms with E-state index in [2.05, 4.69) is 0 Å². The van der Waals surface area contributed by atoms with E-state index in [1.165, 1.54) is 0 Å². The molecule has 0 saturated carbocycles. The number of aliphatic carboxylic acids is 1. The molecule has 2 atom stereocenters. The Hall–Kier alpha value is -0.830. The second kappa shape index (κ2) is 3.50. The van der Waals surface area contributed by atoms with Crippen LogP contribution in [0.25, 0.3) is 0 Å². The normalized spacial score (nSPS) is 30.8. The van der Waals surface area contributed by atoms with Gasteiger partial charge in [-0.3, -0.25) is 4.79 Å². The summed E-state index contributed by atoms with van der Waals surface area (Å²) in [6.07, 6.45) is 3.79. The standard InChI is InChI=1S/C10H16O3/c1-7(9(11)12)8-3-5-10(2,13)6-4-8/h3,7,13H,4-6H2,1-2H3,(H,11,12)/t7-,10+/m0/s1. The largest absolute Gasteiger partial charge is 0.481 e. The summed E-state index contributed by atoms with van der Waals surface area (Å²) < 4.78 is 0. The first-order valence-electron chi connectivity index (χ1n) is 4.56. The molecule has 0 aromatic heterocycles. The van der Waals surface area contributed by atoms with E-state index >= 15 is 0 Å². The highest BCUT2D eigenvalue weighted by molar-refractivity contribution is 5.73. The number of hydrogen-bond acceptors (Lipinski definition) is 2. The first kappa shape index (κ1) is 10.3. The fraction of sp³-hybridized carbons (Fsp3) is 0.700. The number of carboxylic acid groups (broad SMARTS) is 1. The van der Waals surface area contributed by atoms with Crippen LogP contribution in [-0.4, -0.2) is 21.8 Å². The van der Waals surface area contributed by atoms with Gasteiger partial charge in [0.15, 0.2) is 0 Å². The quantitative estimate of drug-likeness (QED) is 0.640. The van der Waals surface area contributed by atoms with Crippen molar-refractivity contribution in [2.75, 3.05) is 0 Å². The van der Waals surface area contributed by atoms with Crippen molar-refractivity contribution in [2.45, 2.75) is 38.7 Å². The van der Waals surface area contributed by atoms with Crippen LogP contribution in [0.5, 0.6) is 0 Å². The van der Waals surface area contributed by atoms with Crippen LogP contribution < -0.4 is 0 Å². The van der Waals surface area contributed by atoms with Gasteiger partial charge in [-0.25, -0.2) is 0 Å². The molecule has 0 aliphatic heterocycles. The minimum absolute atomic E-state index is 0.406. The van der Waals surface area contributed by atoms with Crippen LogP contribution in [0.3, 0.4) is 0 Å². The van der Waals surface area contributed by atoms with Crippen molar-refractivity contribution in [1.29, 1.82) is 0 Å². The summed E-state index contributed by atoms with van der Waals surface area (Å²) in [5.41, 5.74) is 0.306. The molecule has 0 spiro atoms. The Kier molecular flexibility index (Phi) is 2.76. The van der Waals surface area contributed by atoms with Gasteiger partial charge in [-0.15, -0.1) is 0 Å². The van der Waals surface area contributed by atoms with E-state index in [0.717, 1.165) is 5.57 Å². The SMILES string of the molecule is C[C@H](C(=O)O)C1=CC[C@@](C)(O)CC1. The summed E-state index contributed by atoms with van der Waals surface area (Å²) in [5.74, 6) is -1.19. The molecule has 0 unspecified atom stereocenters. The average molecular weight is 184 g/mol. The smallest absolute Gasteiger partial charge is 0.310 e. The van der Waals surface area contributed by atoms with Gasteiger partial charge in [0.1, 0.15) is 0 Å². The molecule has 3 heteroatoms. The topological polar surface area (TPSA) is 57.5 Å². The summed E-state index contributed by atoms with van der Waals surface area (Å²) in [5, 5.41) is 18.4. The zero-order valence-electron chi connectivity index (χ0n) is 8.08. The van der Waals surface area contributed by atoms with Crippen LogP contribution in [-0.2, 0) is 4.79 Å². The Balaban J connectivity index is 2.65. The van der Waals surface area contributed by atoms with Crippen molar-refractivity contribution >= 4 is 5.97 Å². The molecule has 3 nitrogen and oxygen atoms in total. The highest BCUT2D eigenvalue weighted by Crippen LogP contribution is 2.30. The van der Waals surface area contributed by atoms with E-state index < -0.39 is 17.5 Å². The number of rotatable bonds is 2. The molecule has 2 N–H and O–H groups in total.